The van der Waals surface area contributed by atoms with Gasteiger partial charge in [0.05, 0.1) is 21.2 Å². The highest BCUT2D eigenvalue weighted by molar-refractivity contribution is 7.10. The molecule has 1 aliphatic rings. The first-order chi connectivity index (χ1) is 10.6. The highest BCUT2D eigenvalue weighted by Crippen LogP contribution is 2.33. The first kappa shape index (κ1) is 15.0. The zero-order chi connectivity index (χ0) is 15.7. The zero-order valence-electron chi connectivity index (χ0n) is 11.6. The standard InChI is InChI=1S/C15H13ClN2O3S/c16-12-9-10(18(20)21)4-5-11(12)15(19)17-7-2-1-3-14-13(17)6-8-22-14/h4-6,8-9H,1-3,7H2. The maximum atomic E-state index is 12.8. The molecule has 0 atom stereocenters. The van der Waals surface area contributed by atoms with Crippen molar-refractivity contribution in [3.05, 3.63) is 55.2 Å². The number of benzene rings is 1. The van der Waals surface area contributed by atoms with Crippen LogP contribution < -0.4 is 4.90 Å². The molecule has 0 saturated carbocycles. The van der Waals surface area contributed by atoms with Crippen molar-refractivity contribution < 1.29 is 9.72 Å². The van der Waals surface area contributed by atoms with E-state index in [1.807, 2.05) is 11.4 Å². The summed E-state index contributed by atoms with van der Waals surface area (Å²) in [6, 6.07) is 5.91. The smallest absolute Gasteiger partial charge is 0.270 e. The van der Waals surface area contributed by atoms with Gasteiger partial charge in [0, 0.05) is 23.6 Å². The largest absolute Gasteiger partial charge is 0.307 e. The van der Waals surface area contributed by atoms with Gasteiger partial charge in [-0.3, -0.25) is 14.9 Å². The third-order valence-corrected chi connectivity index (χ3v) is 4.97. The Morgan fingerprint density at radius 3 is 2.86 bits per heavy atom. The molecule has 2 heterocycles. The van der Waals surface area contributed by atoms with Crippen LogP contribution >= 0.6 is 22.9 Å². The van der Waals surface area contributed by atoms with Crippen LogP contribution in [0.5, 0.6) is 0 Å². The van der Waals surface area contributed by atoms with Crippen molar-refractivity contribution in [1.29, 1.82) is 0 Å². The number of hydrogen-bond donors (Lipinski definition) is 0. The van der Waals surface area contributed by atoms with E-state index in [1.54, 1.807) is 16.2 Å². The summed E-state index contributed by atoms with van der Waals surface area (Å²) in [6.45, 7) is 0.635. The third-order valence-electron chi connectivity index (χ3n) is 3.69. The third kappa shape index (κ3) is 2.71. The molecule has 0 saturated heterocycles. The molecule has 0 bridgehead atoms. The van der Waals surface area contributed by atoms with Crippen molar-refractivity contribution in [3.63, 3.8) is 0 Å². The molecule has 7 heteroatoms. The van der Waals surface area contributed by atoms with Gasteiger partial charge in [-0.15, -0.1) is 11.3 Å². The quantitative estimate of drug-likeness (QED) is 0.607. The lowest BCUT2D eigenvalue weighted by molar-refractivity contribution is -0.384. The fourth-order valence-corrected chi connectivity index (χ4v) is 3.76. The highest BCUT2D eigenvalue weighted by atomic mass is 35.5. The Morgan fingerprint density at radius 1 is 1.32 bits per heavy atom. The number of carbonyl (C=O) groups is 1. The molecular weight excluding hydrogens is 324 g/mol. The fraction of sp³-hybridized carbons (Fsp3) is 0.267. The van der Waals surface area contributed by atoms with Crippen LogP contribution in [0.2, 0.25) is 5.02 Å². The molecule has 1 aliphatic heterocycles. The second-order valence-corrected chi connectivity index (χ2v) is 6.47. The number of amides is 1. The fourth-order valence-electron chi connectivity index (χ4n) is 2.58. The number of anilines is 1. The van der Waals surface area contributed by atoms with Crippen molar-refractivity contribution in [2.75, 3.05) is 11.4 Å². The maximum Gasteiger partial charge on any atom is 0.270 e. The number of aryl methyl sites for hydroxylation is 1. The Hall–Kier alpha value is -1.92. The van der Waals surface area contributed by atoms with E-state index in [1.165, 1.54) is 23.1 Å². The maximum absolute atomic E-state index is 12.8. The molecule has 114 valence electrons. The Balaban J connectivity index is 1.96. The zero-order valence-corrected chi connectivity index (χ0v) is 13.2. The molecule has 3 rings (SSSR count). The van der Waals surface area contributed by atoms with Gasteiger partial charge in [0.15, 0.2) is 0 Å². The Morgan fingerprint density at radius 2 is 2.14 bits per heavy atom. The number of rotatable bonds is 2. The van der Waals surface area contributed by atoms with E-state index >= 15 is 0 Å². The molecular formula is C15H13ClN2O3S. The average molecular weight is 337 g/mol. The molecule has 0 N–H and O–H groups in total. The predicted molar refractivity (Wildman–Crippen MR) is 87.0 cm³/mol. The van der Waals surface area contributed by atoms with Crippen molar-refractivity contribution in [2.24, 2.45) is 0 Å². The normalized spacial score (nSPS) is 14.3. The van der Waals surface area contributed by atoms with Crippen molar-refractivity contribution in [3.8, 4) is 0 Å². The van der Waals surface area contributed by atoms with Gasteiger partial charge in [-0.2, -0.15) is 0 Å². The summed E-state index contributed by atoms with van der Waals surface area (Å²) in [7, 11) is 0. The Bertz CT molecular complexity index is 744. The number of hydrogen-bond acceptors (Lipinski definition) is 4. The Labute approximate surface area is 136 Å². The number of nitrogens with zero attached hydrogens (tertiary/aromatic N) is 2. The van der Waals surface area contributed by atoms with Crippen LogP contribution in [0.1, 0.15) is 28.1 Å². The highest BCUT2D eigenvalue weighted by Gasteiger charge is 2.25. The molecule has 0 spiro atoms. The minimum Gasteiger partial charge on any atom is -0.307 e. The summed E-state index contributed by atoms with van der Waals surface area (Å²) in [4.78, 5) is 26.0. The number of nitro groups is 1. The van der Waals surface area contributed by atoms with Gasteiger partial charge < -0.3 is 4.90 Å². The van der Waals surface area contributed by atoms with E-state index in [-0.39, 0.29) is 16.6 Å². The second-order valence-electron chi connectivity index (χ2n) is 5.06. The van der Waals surface area contributed by atoms with Crippen LogP contribution in [0.4, 0.5) is 11.4 Å². The van der Waals surface area contributed by atoms with Crippen LogP contribution in [0.15, 0.2) is 29.6 Å². The predicted octanol–water partition coefficient (Wildman–Crippen LogP) is 4.29. The lowest BCUT2D eigenvalue weighted by atomic mass is 10.1. The SMILES string of the molecule is O=C(c1ccc([N+](=O)[O-])cc1Cl)N1CCCCc2sccc21. The van der Waals surface area contributed by atoms with Crippen LogP contribution in [0.25, 0.3) is 0 Å². The van der Waals surface area contributed by atoms with Crippen LogP contribution in [0, 0.1) is 10.1 Å². The van der Waals surface area contributed by atoms with E-state index < -0.39 is 4.92 Å². The van der Waals surface area contributed by atoms with Gasteiger partial charge in [-0.1, -0.05) is 11.6 Å². The lowest BCUT2D eigenvalue weighted by Crippen LogP contribution is -2.31. The average Bonchev–Trinajstić information content (AvgIpc) is 2.86. The van der Waals surface area contributed by atoms with E-state index in [0.29, 0.717) is 12.1 Å². The van der Waals surface area contributed by atoms with Crippen molar-refractivity contribution in [2.45, 2.75) is 19.3 Å². The molecule has 22 heavy (non-hydrogen) atoms. The molecule has 0 fully saturated rings. The minimum absolute atomic E-state index is 0.111. The molecule has 1 amide bonds. The second kappa shape index (κ2) is 6.06. The van der Waals surface area contributed by atoms with E-state index in [0.717, 1.165) is 24.9 Å². The van der Waals surface area contributed by atoms with E-state index in [2.05, 4.69) is 0 Å². The summed E-state index contributed by atoms with van der Waals surface area (Å²) >= 11 is 7.73. The molecule has 2 aromatic rings. The van der Waals surface area contributed by atoms with E-state index in [9.17, 15) is 14.9 Å². The van der Waals surface area contributed by atoms with Gasteiger partial charge in [0.2, 0.25) is 0 Å². The first-order valence-corrected chi connectivity index (χ1v) is 8.16. The molecule has 0 unspecified atom stereocenters. The minimum atomic E-state index is -0.525. The summed E-state index contributed by atoms with van der Waals surface area (Å²) < 4.78 is 0. The monoisotopic (exact) mass is 336 g/mol. The topological polar surface area (TPSA) is 63.4 Å². The van der Waals surface area contributed by atoms with Crippen molar-refractivity contribution in [1.82, 2.24) is 0 Å². The van der Waals surface area contributed by atoms with Crippen LogP contribution in [0.3, 0.4) is 0 Å². The number of fused-ring (bicyclic) bond motifs is 1. The van der Waals surface area contributed by atoms with E-state index in [4.69, 9.17) is 11.6 Å². The number of non-ortho nitro benzene ring substituents is 1. The molecule has 0 aliphatic carbocycles. The summed E-state index contributed by atoms with van der Waals surface area (Å²) in [5.74, 6) is -0.207. The van der Waals surface area contributed by atoms with Gasteiger partial charge >= 0.3 is 0 Å². The summed E-state index contributed by atoms with van der Waals surface area (Å²) in [6.07, 6.45) is 2.95. The van der Waals surface area contributed by atoms with Crippen LogP contribution in [-0.4, -0.2) is 17.4 Å². The van der Waals surface area contributed by atoms with Gasteiger partial charge in [0.25, 0.3) is 11.6 Å². The number of carbonyl (C=O) groups excluding carboxylic acids is 1. The lowest BCUT2D eigenvalue weighted by Gasteiger charge is -2.21. The summed E-state index contributed by atoms with van der Waals surface area (Å²) in [5, 5.41) is 12.9. The number of nitro benzene ring substituents is 1. The van der Waals surface area contributed by atoms with Gasteiger partial charge in [-0.05, 0) is 36.8 Å². The molecule has 0 radical (unpaired) electrons. The Kier molecular flexibility index (Phi) is 4.13. The van der Waals surface area contributed by atoms with Gasteiger partial charge in [-0.25, -0.2) is 0 Å². The van der Waals surface area contributed by atoms with Crippen molar-refractivity contribution >= 4 is 40.2 Å². The summed E-state index contributed by atoms with van der Waals surface area (Å²) in [5.41, 5.74) is 1.11. The number of halogens is 1. The number of thiophene rings is 1. The molecule has 1 aromatic carbocycles. The molecule has 5 nitrogen and oxygen atoms in total. The first-order valence-electron chi connectivity index (χ1n) is 6.90. The van der Waals surface area contributed by atoms with Crippen LogP contribution in [-0.2, 0) is 6.42 Å². The van der Waals surface area contributed by atoms with Gasteiger partial charge in [0.1, 0.15) is 0 Å². The molecule has 1 aromatic heterocycles.